The van der Waals surface area contributed by atoms with Crippen LogP contribution in [-0.4, -0.2) is 71.2 Å². The van der Waals surface area contributed by atoms with Crippen LogP contribution in [-0.2, 0) is 0 Å². The zero-order valence-corrected chi connectivity index (χ0v) is 16.0. The summed E-state index contributed by atoms with van der Waals surface area (Å²) in [5.41, 5.74) is 2.90. The quantitative estimate of drug-likeness (QED) is 0.444. The van der Waals surface area contributed by atoms with E-state index in [1.165, 1.54) is 12.1 Å². The molecule has 0 atom stereocenters. The summed E-state index contributed by atoms with van der Waals surface area (Å²) in [6.45, 7) is 6.02. The molecule has 2 aromatic carbocycles. The van der Waals surface area contributed by atoms with E-state index in [-0.39, 0.29) is 11.1 Å². The van der Waals surface area contributed by atoms with Crippen molar-refractivity contribution in [2.45, 2.75) is 0 Å². The number of hydrogen-bond acceptors (Lipinski definition) is 7. The molecule has 8 heteroatoms. The minimum absolute atomic E-state index is 0.0665. The van der Waals surface area contributed by atoms with Gasteiger partial charge in [0.2, 0.25) is 0 Å². The minimum atomic E-state index is -0.403. The summed E-state index contributed by atoms with van der Waals surface area (Å²) in [7, 11) is 0. The molecule has 4 aliphatic rings. The molecule has 0 radical (unpaired) electrons. The van der Waals surface area contributed by atoms with Gasteiger partial charge < -0.3 is 0 Å². The first kappa shape index (κ1) is 18.1. The van der Waals surface area contributed by atoms with Crippen LogP contribution in [0.15, 0.2) is 64.8 Å². The highest BCUT2D eigenvalue weighted by Crippen LogP contribution is 2.38. The van der Waals surface area contributed by atoms with E-state index in [1.807, 2.05) is 18.2 Å². The van der Waals surface area contributed by atoms with Crippen LogP contribution in [0.1, 0.15) is 11.1 Å². The van der Waals surface area contributed by atoms with Gasteiger partial charge >= 0.3 is 0 Å². The molecule has 4 saturated heterocycles. The average molecular weight is 390 g/mol. The lowest BCUT2D eigenvalue weighted by Crippen LogP contribution is -2.74. The second kappa shape index (κ2) is 7.14. The van der Waals surface area contributed by atoms with Gasteiger partial charge in [-0.05, 0) is 23.3 Å². The van der Waals surface area contributed by atoms with Gasteiger partial charge in [0.05, 0.1) is 42.3 Å². The van der Waals surface area contributed by atoms with Gasteiger partial charge in [-0.25, -0.2) is 0 Å². The zero-order valence-electron chi connectivity index (χ0n) is 16.0. The van der Waals surface area contributed by atoms with Gasteiger partial charge in [0.25, 0.3) is 5.69 Å². The van der Waals surface area contributed by atoms with Crippen LogP contribution in [0.4, 0.5) is 5.69 Å². The van der Waals surface area contributed by atoms with Crippen molar-refractivity contribution in [3.05, 3.63) is 75.8 Å². The van der Waals surface area contributed by atoms with Crippen molar-refractivity contribution in [1.29, 1.82) is 0 Å². The van der Waals surface area contributed by atoms with Crippen molar-refractivity contribution in [3.8, 4) is 0 Å². The van der Waals surface area contributed by atoms with E-state index < -0.39 is 4.92 Å². The lowest BCUT2D eigenvalue weighted by atomic mass is 9.74. The molecule has 4 fully saturated rings. The van der Waals surface area contributed by atoms with E-state index in [2.05, 4.69) is 31.9 Å². The zero-order chi connectivity index (χ0) is 19.8. The number of nitro groups is 1. The molecule has 0 amide bonds. The van der Waals surface area contributed by atoms with Crippen LogP contribution in [0, 0.1) is 15.5 Å². The van der Waals surface area contributed by atoms with Crippen molar-refractivity contribution in [2.75, 3.05) is 39.6 Å². The third-order valence-corrected chi connectivity index (χ3v) is 5.80. The van der Waals surface area contributed by atoms with Gasteiger partial charge in [-0.1, -0.05) is 30.3 Å². The Morgan fingerprint density at radius 3 is 2.07 bits per heavy atom. The van der Waals surface area contributed by atoms with E-state index in [9.17, 15) is 10.1 Å². The predicted molar refractivity (Wildman–Crippen MR) is 111 cm³/mol. The average Bonchev–Trinajstić information content (AvgIpc) is 2.71. The maximum absolute atomic E-state index is 10.8. The van der Waals surface area contributed by atoms with Gasteiger partial charge in [-0.2, -0.15) is 10.2 Å². The summed E-state index contributed by atoms with van der Waals surface area (Å²) < 4.78 is 0. The van der Waals surface area contributed by atoms with Crippen molar-refractivity contribution in [3.63, 3.8) is 0 Å². The van der Waals surface area contributed by atoms with Crippen LogP contribution in [0.3, 0.4) is 0 Å². The van der Waals surface area contributed by atoms with Crippen molar-refractivity contribution >= 4 is 17.6 Å². The van der Waals surface area contributed by atoms with Crippen LogP contribution in [0.25, 0.3) is 0 Å². The number of non-ortho nitro benzene ring substituents is 1. The Kier molecular flexibility index (Phi) is 4.46. The molecule has 4 bridgehead atoms. The topological polar surface area (TPSA) is 77.6 Å². The first-order valence-corrected chi connectivity index (χ1v) is 9.70. The van der Waals surface area contributed by atoms with Crippen LogP contribution < -0.4 is 0 Å². The molecule has 148 valence electrons. The van der Waals surface area contributed by atoms with E-state index in [0.29, 0.717) is 0 Å². The molecule has 29 heavy (non-hydrogen) atoms. The van der Waals surface area contributed by atoms with Crippen molar-refractivity contribution in [2.24, 2.45) is 15.6 Å². The summed E-state index contributed by atoms with van der Waals surface area (Å²) in [4.78, 5) is 17.8. The molecule has 0 unspecified atom stereocenters. The van der Waals surface area contributed by atoms with E-state index in [0.717, 1.165) is 56.5 Å². The Morgan fingerprint density at radius 2 is 1.52 bits per heavy atom. The molecule has 2 aromatic rings. The Morgan fingerprint density at radius 1 is 0.931 bits per heavy atom. The molecule has 0 aliphatic carbocycles. The maximum Gasteiger partial charge on any atom is 0.269 e. The Balaban J connectivity index is 1.47. The van der Waals surface area contributed by atoms with Crippen LogP contribution in [0.5, 0.6) is 0 Å². The molecule has 0 N–H and O–H groups in total. The maximum atomic E-state index is 10.8. The molecule has 6 rings (SSSR count). The predicted octanol–water partition coefficient (Wildman–Crippen LogP) is 2.22. The van der Waals surface area contributed by atoms with Gasteiger partial charge in [-0.3, -0.25) is 24.8 Å². The molecule has 0 spiro atoms. The van der Waals surface area contributed by atoms with Crippen molar-refractivity contribution < 1.29 is 4.92 Å². The smallest absolute Gasteiger partial charge is 0.269 e. The molecule has 4 aliphatic heterocycles. The van der Waals surface area contributed by atoms with Gasteiger partial charge in [0.15, 0.2) is 0 Å². The molecule has 4 heterocycles. The highest BCUT2D eigenvalue weighted by atomic mass is 16.6. The highest BCUT2D eigenvalue weighted by Gasteiger charge is 2.51. The summed E-state index contributed by atoms with van der Waals surface area (Å²) in [6.07, 6.45) is 1.66. The standard InChI is InChI=1S/C21H22N6O2/c28-27(29)19-8-6-17(7-9-19)10-22-23-20(18-4-2-1-3-5-18)21-11-24-14-25(12-21)16-26(13-21)15-24/h1-10H,11-16H2/b22-10+,23-20+. The minimum Gasteiger partial charge on any atom is -0.276 e. The van der Waals surface area contributed by atoms with E-state index in [1.54, 1.807) is 18.3 Å². The number of nitrogens with zero attached hydrogens (tertiary/aromatic N) is 6. The molecule has 8 nitrogen and oxygen atoms in total. The second-order valence-corrected chi connectivity index (χ2v) is 8.10. The third-order valence-electron chi connectivity index (χ3n) is 5.80. The van der Waals surface area contributed by atoms with Crippen LogP contribution >= 0.6 is 0 Å². The summed E-state index contributed by atoms with van der Waals surface area (Å²) in [5, 5.41) is 19.9. The normalized spacial score (nSPS) is 30.8. The number of nitro benzene ring substituents is 1. The monoisotopic (exact) mass is 390 g/mol. The lowest BCUT2D eigenvalue weighted by molar-refractivity contribution is -0.384. The van der Waals surface area contributed by atoms with Crippen molar-refractivity contribution in [1.82, 2.24) is 14.7 Å². The fraction of sp³-hybridized carbons (Fsp3) is 0.333. The summed E-state index contributed by atoms with van der Waals surface area (Å²) in [5.74, 6) is 0. The molecule has 0 saturated carbocycles. The summed E-state index contributed by atoms with van der Waals surface area (Å²) in [6, 6.07) is 16.6. The fourth-order valence-corrected chi connectivity index (χ4v) is 4.84. The SMILES string of the molecule is O=[N+]([O-])c1ccc(/C=N/N=C(\c2ccccc2)C23CN4CN(CN(C4)C2)C3)cc1. The fourth-order valence-electron chi connectivity index (χ4n) is 4.84. The van der Waals surface area contributed by atoms with Gasteiger partial charge in [-0.15, -0.1) is 0 Å². The Bertz CT molecular complexity index is 935. The van der Waals surface area contributed by atoms with Gasteiger partial charge in [0, 0.05) is 31.8 Å². The Hall–Kier alpha value is -2.94. The second-order valence-electron chi connectivity index (χ2n) is 8.10. The Labute approximate surface area is 168 Å². The lowest BCUT2D eigenvalue weighted by Gasteiger charge is -2.60. The first-order chi connectivity index (χ1) is 14.1. The molecular weight excluding hydrogens is 368 g/mol. The molecular formula is C21H22N6O2. The number of hydrogen-bond donors (Lipinski definition) is 0. The van der Waals surface area contributed by atoms with E-state index >= 15 is 0 Å². The van der Waals surface area contributed by atoms with Crippen LogP contribution in [0.2, 0.25) is 0 Å². The van der Waals surface area contributed by atoms with E-state index in [4.69, 9.17) is 5.10 Å². The van der Waals surface area contributed by atoms with Gasteiger partial charge in [0.1, 0.15) is 0 Å². The third kappa shape index (κ3) is 3.46. The number of benzene rings is 2. The highest BCUT2D eigenvalue weighted by molar-refractivity contribution is 6.05. The number of rotatable bonds is 5. The first-order valence-electron chi connectivity index (χ1n) is 9.70. The largest absolute Gasteiger partial charge is 0.276 e. The summed E-state index contributed by atoms with van der Waals surface area (Å²) >= 11 is 0. The molecule has 0 aromatic heterocycles.